The Labute approximate surface area is 186 Å². The third-order valence-corrected chi connectivity index (χ3v) is 5.30. The van der Waals surface area contributed by atoms with Crippen LogP contribution in [0.2, 0.25) is 0 Å². The molecular formula is C23H19F4N5O. The second kappa shape index (κ2) is 8.61. The molecular weight excluding hydrogens is 438 g/mol. The zero-order valence-corrected chi connectivity index (χ0v) is 17.7. The number of hydrogen-bond donors (Lipinski definition) is 1. The van der Waals surface area contributed by atoms with Gasteiger partial charge < -0.3 is 5.32 Å². The summed E-state index contributed by atoms with van der Waals surface area (Å²) in [6.07, 6.45) is -3.82. The number of alkyl halides is 3. The maximum atomic E-state index is 13.7. The summed E-state index contributed by atoms with van der Waals surface area (Å²) in [5.74, 6) is -1.81. The van der Waals surface area contributed by atoms with Crippen molar-refractivity contribution in [1.29, 1.82) is 0 Å². The van der Waals surface area contributed by atoms with Crippen LogP contribution in [0.15, 0.2) is 54.6 Å². The number of carbonyl (C=O) groups excluding carboxylic acids is 1. The second-order valence-corrected chi connectivity index (χ2v) is 7.56. The van der Waals surface area contributed by atoms with Gasteiger partial charge in [0.05, 0.1) is 5.69 Å². The summed E-state index contributed by atoms with van der Waals surface area (Å²) in [5.41, 5.74) is 0.599. The van der Waals surface area contributed by atoms with Crippen LogP contribution in [-0.2, 0) is 6.18 Å². The lowest BCUT2D eigenvalue weighted by molar-refractivity contribution is -0.142. The highest BCUT2D eigenvalue weighted by Crippen LogP contribution is 2.32. The van der Waals surface area contributed by atoms with E-state index in [-0.39, 0.29) is 11.3 Å². The van der Waals surface area contributed by atoms with E-state index in [1.807, 2.05) is 12.1 Å². The van der Waals surface area contributed by atoms with Crippen LogP contribution in [0.1, 0.15) is 48.1 Å². The molecule has 0 aliphatic rings. The van der Waals surface area contributed by atoms with Gasteiger partial charge in [0.25, 0.3) is 11.7 Å². The average Bonchev–Trinajstić information content (AvgIpc) is 3.22. The molecule has 0 spiro atoms. The van der Waals surface area contributed by atoms with E-state index in [9.17, 15) is 22.4 Å². The van der Waals surface area contributed by atoms with Crippen molar-refractivity contribution < 1.29 is 22.4 Å². The Kier molecular flexibility index (Phi) is 5.84. The van der Waals surface area contributed by atoms with E-state index in [4.69, 9.17) is 0 Å². The first-order valence-corrected chi connectivity index (χ1v) is 10.2. The molecule has 1 atom stereocenters. The van der Waals surface area contributed by atoms with Crippen LogP contribution in [0.5, 0.6) is 0 Å². The molecule has 0 saturated carbocycles. The van der Waals surface area contributed by atoms with E-state index >= 15 is 0 Å². The highest BCUT2D eigenvalue weighted by molar-refractivity contribution is 6.01. The van der Waals surface area contributed by atoms with Gasteiger partial charge in [-0.15, -0.1) is 5.10 Å². The molecule has 4 rings (SSSR count). The highest BCUT2D eigenvalue weighted by Gasteiger charge is 2.36. The van der Waals surface area contributed by atoms with Crippen molar-refractivity contribution in [1.82, 2.24) is 19.6 Å². The molecule has 1 N–H and O–H groups in total. The van der Waals surface area contributed by atoms with Crippen LogP contribution in [0, 0.1) is 5.82 Å². The number of halogens is 4. The van der Waals surface area contributed by atoms with Crippen molar-refractivity contribution in [2.24, 2.45) is 0 Å². The first-order chi connectivity index (χ1) is 15.7. The molecule has 0 unspecified atom stereocenters. The number of benzene rings is 2. The van der Waals surface area contributed by atoms with E-state index in [1.54, 1.807) is 12.1 Å². The SMILES string of the molecule is CC[C@@H](C)c1ccc(NC(=O)c2nc3nc(-c4ccc(F)cc4)cc(C(F)(F)F)n3n2)cc1. The van der Waals surface area contributed by atoms with Gasteiger partial charge in [-0.1, -0.05) is 26.0 Å². The van der Waals surface area contributed by atoms with Crippen LogP contribution in [0.25, 0.3) is 17.0 Å². The minimum atomic E-state index is -4.79. The smallest absolute Gasteiger partial charge is 0.319 e. The summed E-state index contributed by atoms with van der Waals surface area (Å²) in [5, 5.41) is 6.32. The Morgan fingerprint density at radius 3 is 2.33 bits per heavy atom. The zero-order valence-electron chi connectivity index (χ0n) is 17.7. The van der Waals surface area contributed by atoms with Gasteiger partial charge in [-0.3, -0.25) is 4.79 Å². The zero-order chi connectivity index (χ0) is 23.8. The quantitative estimate of drug-likeness (QED) is 0.390. The minimum absolute atomic E-state index is 0.0742. The standard InChI is InChI=1S/C23H19F4N5O/c1-3-13(2)14-6-10-17(11-7-14)28-21(33)20-30-22-29-18(15-4-8-16(24)9-5-15)12-19(23(25,26)27)32(22)31-20/h4-13H,3H2,1-2H3,(H,28,33)/t13-/m1/s1. The molecule has 2 aromatic carbocycles. The van der Waals surface area contributed by atoms with Crippen LogP contribution >= 0.6 is 0 Å². The van der Waals surface area contributed by atoms with Crippen LogP contribution in [0.3, 0.4) is 0 Å². The number of amides is 1. The molecule has 6 nitrogen and oxygen atoms in total. The minimum Gasteiger partial charge on any atom is -0.319 e. The van der Waals surface area contributed by atoms with Crippen LogP contribution < -0.4 is 5.32 Å². The Balaban J connectivity index is 1.69. The lowest BCUT2D eigenvalue weighted by Gasteiger charge is -2.10. The molecule has 0 saturated heterocycles. The molecule has 170 valence electrons. The van der Waals surface area contributed by atoms with Crippen molar-refractivity contribution in [2.45, 2.75) is 32.4 Å². The van der Waals surface area contributed by atoms with Gasteiger partial charge in [0.1, 0.15) is 5.82 Å². The van der Waals surface area contributed by atoms with E-state index in [1.165, 1.54) is 12.1 Å². The number of anilines is 1. The maximum Gasteiger partial charge on any atom is 0.433 e. The number of nitrogens with zero attached hydrogens (tertiary/aromatic N) is 4. The number of fused-ring (bicyclic) bond motifs is 1. The summed E-state index contributed by atoms with van der Waals surface area (Å²) in [4.78, 5) is 20.6. The predicted octanol–water partition coefficient (Wildman–Crippen LogP) is 5.72. The fourth-order valence-corrected chi connectivity index (χ4v) is 3.25. The monoisotopic (exact) mass is 457 g/mol. The number of aromatic nitrogens is 4. The fourth-order valence-electron chi connectivity index (χ4n) is 3.25. The van der Waals surface area contributed by atoms with Crippen molar-refractivity contribution in [3.05, 3.63) is 77.5 Å². The van der Waals surface area contributed by atoms with E-state index < -0.39 is 35.2 Å². The summed E-state index contributed by atoms with van der Waals surface area (Å²) < 4.78 is 54.8. The molecule has 2 heterocycles. The van der Waals surface area contributed by atoms with E-state index in [0.29, 0.717) is 16.1 Å². The molecule has 0 radical (unpaired) electrons. The lowest BCUT2D eigenvalue weighted by Crippen LogP contribution is -2.16. The molecule has 4 aromatic rings. The number of rotatable bonds is 5. The topological polar surface area (TPSA) is 72.2 Å². The second-order valence-electron chi connectivity index (χ2n) is 7.56. The largest absolute Gasteiger partial charge is 0.433 e. The molecule has 2 aromatic heterocycles. The van der Waals surface area contributed by atoms with Gasteiger partial charge in [0, 0.05) is 11.3 Å². The van der Waals surface area contributed by atoms with Gasteiger partial charge in [0.2, 0.25) is 5.82 Å². The van der Waals surface area contributed by atoms with Crippen molar-refractivity contribution in [3.8, 4) is 11.3 Å². The van der Waals surface area contributed by atoms with Crippen LogP contribution in [0.4, 0.5) is 23.2 Å². The number of carbonyl (C=O) groups is 1. The Hall–Kier alpha value is -3.82. The number of hydrogen-bond acceptors (Lipinski definition) is 4. The Bertz CT molecular complexity index is 1300. The van der Waals surface area contributed by atoms with E-state index in [0.717, 1.165) is 30.2 Å². The summed E-state index contributed by atoms with van der Waals surface area (Å²) >= 11 is 0. The van der Waals surface area contributed by atoms with Crippen molar-refractivity contribution in [2.75, 3.05) is 5.32 Å². The van der Waals surface area contributed by atoms with Gasteiger partial charge in [-0.25, -0.2) is 9.37 Å². The molecule has 0 aliphatic carbocycles. The number of nitrogens with one attached hydrogen (secondary N) is 1. The molecule has 10 heteroatoms. The molecule has 0 aliphatic heterocycles. The van der Waals surface area contributed by atoms with Crippen LogP contribution in [-0.4, -0.2) is 25.5 Å². The molecule has 0 bridgehead atoms. The van der Waals surface area contributed by atoms with Gasteiger partial charge in [-0.2, -0.15) is 22.7 Å². The Morgan fingerprint density at radius 1 is 1.06 bits per heavy atom. The first-order valence-electron chi connectivity index (χ1n) is 10.2. The maximum absolute atomic E-state index is 13.7. The van der Waals surface area contributed by atoms with E-state index in [2.05, 4.69) is 34.2 Å². The molecule has 1 amide bonds. The summed E-state index contributed by atoms with van der Waals surface area (Å²) in [7, 11) is 0. The third kappa shape index (κ3) is 4.69. The first kappa shape index (κ1) is 22.4. The van der Waals surface area contributed by atoms with Crippen molar-refractivity contribution in [3.63, 3.8) is 0 Å². The van der Waals surface area contributed by atoms with Gasteiger partial charge in [-0.05, 0) is 60.4 Å². The lowest BCUT2D eigenvalue weighted by atomic mass is 9.99. The third-order valence-electron chi connectivity index (χ3n) is 5.30. The Morgan fingerprint density at radius 2 is 1.73 bits per heavy atom. The predicted molar refractivity (Wildman–Crippen MR) is 114 cm³/mol. The normalized spacial score (nSPS) is 12.7. The summed E-state index contributed by atoms with van der Waals surface area (Å²) in [6, 6.07) is 12.8. The average molecular weight is 457 g/mol. The molecule has 0 fully saturated rings. The van der Waals surface area contributed by atoms with Gasteiger partial charge in [0.15, 0.2) is 5.69 Å². The van der Waals surface area contributed by atoms with Gasteiger partial charge >= 0.3 is 6.18 Å². The highest BCUT2D eigenvalue weighted by atomic mass is 19.4. The summed E-state index contributed by atoms with van der Waals surface area (Å²) in [6.45, 7) is 4.15. The van der Waals surface area contributed by atoms with Crippen molar-refractivity contribution >= 4 is 17.4 Å². The molecule has 33 heavy (non-hydrogen) atoms. The fraction of sp³-hybridized carbons (Fsp3) is 0.217.